The number of rotatable bonds is 6. The van der Waals surface area contributed by atoms with Crippen molar-refractivity contribution in [2.45, 2.75) is 45.3 Å². The van der Waals surface area contributed by atoms with Crippen molar-refractivity contribution in [1.29, 1.82) is 0 Å². The van der Waals surface area contributed by atoms with Crippen LogP contribution in [0.4, 0.5) is 11.4 Å². The molecule has 1 fully saturated rings. The lowest BCUT2D eigenvalue weighted by molar-refractivity contribution is -0.384. The maximum absolute atomic E-state index is 11.6. The summed E-state index contributed by atoms with van der Waals surface area (Å²) in [6.45, 7) is 3.40. The molecule has 4 atom stereocenters. The number of hydrogen-bond acceptors (Lipinski definition) is 10. The number of nitrogens with one attached hydrogen (secondary N) is 1. The van der Waals surface area contributed by atoms with E-state index in [-0.39, 0.29) is 12.3 Å². The third kappa shape index (κ3) is 5.64. The zero-order valence-corrected chi connectivity index (χ0v) is 15.4. The van der Waals surface area contributed by atoms with Crippen LogP contribution >= 0.6 is 0 Å². The van der Waals surface area contributed by atoms with Crippen LogP contribution in [-0.4, -0.2) is 54.0 Å². The number of carbonyl (C=O) groups is 3. The van der Waals surface area contributed by atoms with Gasteiger partial charge in [0.1, 0.15) is 0 Å². The third-order valence-electron chi connectivity index (χ3n) is 3.74. The Hall–Kier alpha value is -3.21. The fraction of sp³-hybridized carbons (Fsp3) is 0.471. The number of nitrogens with zero attached hydrogens (tertiary/aromatic N) is 1. The second kappa shape index (κ2) is 9.13. The summed E-state index contributed by atoms with van der Waals surface area (Å²) in [6, 6.07) is 5.48. The Bertz CT molecular complexity index is 749. The highest BCUT2D eigenvalue weighted by Gasteiger charge is 2.47. The van der Waals surface area contributed by atoms with Crippen molar-refractivity contribution in [3.05, 3.63) is 34.4 Å². The Kier molecular flexibility index (Phi) is 6.88. The summed E-state index contributed by atoms with van der Waals surface area (Å²) in [6.07, 6.45) is -4.16. The monoisotopic (exact) mass is 396 g/mol. The van der Waals surface area contributed by atoms with Crippen molar-refractivity contribution in [3.63, 3.8) is 0 Å². The Labute approximate surface area is 160 Å². The number of benzene rings is 1. The largest absolute Gasteiger partial charge is 0.456 e. The van der Waals surface area contributed by atoms with E-state index in [2.05, 4.69) is 5.32 Å². The maximum Gasteiger partial charge on any atom is 0.303 e. The predicted molar refractivity (Wildman–Crippen MR) is 93.1 cm³/mol. The zero-order chi connectivity index (χ0) is 20.8. The molecule has 0 aliphatic carbocycles. The molecule has 0 bridgehead atoms. The standard InChI is InChI=1S/C17H20N2O9/c1-9(20)26-14-8-25-17(16(28-11(3)22)15(14)27-10(2)21)18-12-4-6-13(7-5-12)19(23)24/h4-7,14-18H,8H2,1-3H3/t14-,15-,16+,17+/m1/s1. The Morgan fingerprint density at radius 3 is 2.04 bits per heavy atom. The van der Waals surface area contributed by atoms with E-state index in [0.717, 1.165) is 0 Å². The van der Waals surface area contributed by atoms with Crippen molar-refractivity contribution in [2.24, 2.45) is 0 Å². The predicted octanol–water partition coefficient (Wildman–Crippen LogP) is 1.16. The van der Waals surface area contributed by atoms with E-state index in [1.165, 1.54) is 45.0 Å². The molecule has 0 radical (unpaired) electrons. The van der Waals surface area contributed by atoms with Gasteiger partial charge in [0.05, 0.1) is 11.5 Å². The van der Waals surface area contributed by atoms with Crippen molar-refractivity contribution in [2.75, 3.05) is 11.9 Å². The van der Waals surface area contributed by atoms with Gasteiger partial charge in [0.2, 0.25) is 0 Å². The highest BCUT2D eigenvalue weighted by atomic mass is 16.6. The number of non-ortho nitro benzene ring substituents is 1. The quantitative estimate of drug-likeness (QED) is 0.322. The van der Waals surface area contributed by atoms with Crippen LogP contribution in [0, 0.1) is 10.1 Å². The molecule has 1 aliphatic heterocycles. The highest BCUT2D eigenvalue weighted by Crippen LogP contribution is 2.26. The smallest absolute Gasteiger partial charge is 0.303 e. The summed E-state index contributed by atoms with van der Waals surface area (Å²) < 4.78 is 21.2. The number of nitro groups is 1. The fourth-order valence-electron chi connectivity index (χ4n) is 2.71. The van der Waals surface area contributed by atoms with Crippen molar-refractivity contribution < 1.29 is 38.3 Å². The van der Waals surface area contributed by atoms with E-state index in [4.69, 9.17) is 18.9 Å². The number of anilines is 1. The first kappa shape index (κ1) is 21.1. The minimum Gasteiger partial charge on any atom is -0.456 e. The van der Waals surface area contributed by atoms with Gasteiger partial charge in [0, 0.05) is 38.6 Å². The van der Waals surface area contributed by atoms with E-state index >= 15 is 0 Å². The number of nitro benzene ring substituents is 1. The van der Waals surface area contributed by atoms with Gasteiger partial charge in [-0.2, -0.15) is 0 Å². The van der Waals surface area contributed by atoms with Gasteiger partial charge < -0.3 is 24.3 Å². The lowest BCUT2D eigenvalue weighted by Crippen LogP contribution is -2.59. The topological polar surface area (TPSA) is 143 Å². The van der Waals surface area contributed by atoms with Crippen LogP contribution < -0.4 is 5.32 Å². The lowest BCUT2D eigenvalue weighted by Gasteiger charge is -2.40. The van der Waals surface area contributed by atoms with E-state index in [1.807, 2.05) is 0 Å². The highest BCUT2D eigenvalue weighted by molar-refractivity contribution is 5.68. The second-order valence-electron chi connectivity index (χ2n) is 6.00. The molecule has 0 unspecified atom stereocenters. The van der Waals surface area contributed by atoms with Crippen LogP contribution in [0.1, 0.15) is 20.8 Å². The van der Waals surface area contributed by atoms with E-state index in [1.54, 1.807) is 0 Å². The van der Waals surface area contributed by atoms with Gasteiger partial charge in [0.25, 0.3) is 5.69 Å². The summed E-state index contributed by atoms with van der Waals surface area (Å²) in [5.41, 5.74) is 0.347. The van der Waals surface area contributed by atoms with E-state index in [0.29, 0.717) is 5.69 Å². The summed E-state index contributed by atoms with van der Waals surface area (Å²) in [5, 5.41) is 13.7. The first-order valence-electron chi connectivity index (χ1n) is 8.31. The van der Waals surface area contributed by atoms with Crippen LogP contribution in [0.25, 0.3) is 0 Å². The summed E-state index contributed by atoms with van der Waals surface area (Å²) in [7, 11) is 0. The number of ether oxygens (including phenoxy) is 4. The molecule has 1 saturated heterocycles. The van der Waals surface area contributed by atoms with E-state index in [9.17, 15) is 24.5 Å². The zero-order valence-electron chi connectivity index (χ0n) is 15.4. The van der Waals surface area contributed by atoms with Gasteiger partial charge >= 0.3 is 17.9 Å². The van der Waals surface area contributed by atoms with Crippen LogP contribution in [0.2, 0.25) is 0 Å². The van der Waals surface area contributed by atoms with E-state index < -0.39 is 47.4 Å². The molecular weight excluding hydrogens is 376 g/mol. The molecule has 1 heterocycles. The van der Waals surface area contributed by atoms with Crippen molar-refractivity contribution >= 4 is 29.3 Å². The molecule has 2 rings (SSSR count). The maximum atomic E-state index is 11.6. The molecule has 0 aromatic heterocycles. The second-order valence-corrected chi connectivity index (χ2v) is 6.00. The van der Waals surface area contributed by atoms with Crippen LogP contribution in [0.5, 0.6) is 0 Å². The Morgan fingerprint density at radius 1 is 1.00 bits per heavy atom. The van der Waals surface area contributed by atoms with Gasteiger partial charge in [0.15, 0.2) is 24.5 Å². The number of esters is 3. The lowest BCUT2D eigenvalue weighted by atomic mass is 10.0. The molecule has 1 N–H and O–H groups in total. The first-order chi connectivity index (χ1) is 13.2. The SMILES string of the molecule is CC(=O)O[C@H]1[C@H](OC(C)=O)[C@@H](Nc2ccc([N+](=O)[O-])cc2)OC[C@H]1OC(C)=O. The third-order valence-corrected chi connectivity index (χ3v) is 3.74. The average Bonchev–Trinajstić information content (AvgIpc) is 2.59. The number of hydrogen-bond donors (Lipinski definition) is 1. The normalized spacial score (nSPS) is 24.0. The number of carbonyl (C=O) groups excluding carboxylic acids is 3. The van der Waals surface area contributed by atoms with Crippen molar-refractivity contribution in [3.8, 4) is 0 Å². The van der Waals surface area contributed by atoms with Crippen LogP contribution in [-0.2, 0) is 33.3 Å². The molecular formula is C17H20N2O9. The molecule has 0 saturated carbocycles. The molecule has 11 heteroatoms. The molecule has 0 spiro atoms. The summed E-state index contributed by atoms with van der Waals surface area (Å²) in [5.74, 6) is -1.94. The summed E-state index contributed by atoms with van der Waals surface area (Å²) in [4.78, 5) is 44.6. The van der Waals surface area contributed by atoms with Gasteiger partial charge in [-0.1, -0.05) is 0 Å². The molecule has 1 aromatic carbocycles. The van der Waals surface area contributed by atoms with Crippen LogP contribution in [0.3, 0.4) is 0 Å². The van der Waals surface area contributed by atoms with Gasteiger partial charge in [-0.3, -0.25) is 24.5 Å². The Morgan fingerprint density at radius 2 is 1.54 bits per heavy atom. The Balaban J connectivity index is 2.25. The molecule has 11 nitrogen and oxygen atoms in total. The summed E-state index contributed by atoms with van der Waals surface area (Å²) >= 11 is 0. The molecule has 1 aliphatic rings. The van der Waals surface area contributed by atoms with Gasteiger partial charge in [-0.05, 0) is 12.1 Å². The van der Waals surface area contributed by atoms with Crippen LogP contribution in [0.15, 0.2) is 24.3 Å². The van der Waals surface area contributed by atoms with Gasteiger partial charge in [-0.15, -0.1) is 0 Å². The average molecular weight is 396 g/mol. The minimum atomic E-state index is -1.13. The first-order valence-corrected chi connectivity index (χ1v) is 8.31. The van der Waals surface area contributed by atoms with Gasteiger partial charge in [-0.25, -0.2) is 0 Å². The minimum absolute atomic E-state index is 0.0978. The molecule has 152 valence electrons. The molecule has 1 aromatic rings. The molecule has 0 amide bonds. The fourth-order valence-corrected chi connectivity index (χ4v) is 2.71. The van der Waals surface area contributed by atoms with Crippen molar-refractivity contribution in [1.82, 2.24) is 0 Å². The molecule has 28 heavy (non-hydrogen) atoms.